The van der Waals surface area contributed by atoms with Gasteiger partial charge in [-0.25, -0.2) is 0 Å². The van der Waals surface area contributed by atoms with E-state index in [1.54, 1.807) is 0 Å². The summed E-state index contributed by atoms with van der Waals surface area (Å²) in [5, 5.41) is 4.02. The van der Waals surface area contributed by atoms with E-state index in [-0.39, 0.29) is 5.91 Å². The number of carbonyl (C=O) groups excluding carboxylic acids is 1. The van der Waals surface area contributed by atoms with E-state index in [0.717, 1.165) is 21.8 Å². The molecule has 0 atom stereocenters. The predicted molar refractivity (Wildman–Crippen MR) is 88.5 cm³/mol. The number of hydrogen-bond acceptors (Lipinski definition) is 1. The first-order valence-electron chi connectivity index (χ1n) is 6.83. The van der Waals surface area contributed by atoms with Crippen molar-refractivity contribution >= 4 is 32.7 Å². The summed E-state index contributed by atoms with van der Waals surface area (Å²) < 4.78 is 1.06. The summed E-state index contributed by atoms with van der Waals surface area (Å²) in [4.78, 5) is 15.4. The quantitative estimate of drug-likeness (QED) is 0.741. The van der Waals surface area contributed by atoms with Crippen LogP contribution in [0.25, 0.3) is 10.9 Å². The number of H-pyrrole nitrogens is 1. The zero-order valence-corrected chi connectivity index (χ0v) is 13.0. The molecule has 4 heteroatoms. The van der Waals surface area contributed by atoms with Crippen molar-refractivity contribution in [1.82, 2.24) is 10.3 Å². The molecule has 0 unspecified atom stereocenters. The number of amides is 1. The first-order valence-corrected chi connectivity index (χ1v) is 7.62. The molecule has 0 radical (unpaired) electrons. The maximum Gasteiger partial charge on any atom is 0.253 e. The van der Waals surface area contributed by atoms with E-state index in [9.17, 15) is 4.79 Å². The average Bonchev–Trinajstić information content (AvgIpc) is 2.97. The molecule has 0 aliphatic rings. The number of hydrogen-bond donors (Lipinski definition) is 2. The van der Waals surface area contributed by atoms with Gasteiger partial charge in [0.2, 0.25) is 0 Å². The maximum absolute atomic E-state index is 12.3. The van der Waals surface area contributed by atoms with Crippen LogP contribution in [-0.4, -0.2) is 17.4 Å². The van der Waals surface area contributed by atoms with Gasteiger partial charge in [0.1, 0.15) is 0 Å². The SMILES string of the molecule is O=C(NCCc1ccc(Br)cc1)c1cccc2cc[nH]c12. The molecule has 1 heterocycles. The summed E-state index contributed by atoms with van der Waals surface area (Å²) in [6.45, 7) is 0.623. The molecule has 106 valence electrons. The fourth-order valence-corrected chi connectivity index (χ4v) is 2.61. The molecule has 0 spiro atoms. The van der Waals surface area contributed by atoms with Crippen LogP contribution < -0.4 is 5.32 Å². The van der Waals surface area contributed by atoms with Crippen molar-refractivity contribution in [2.24, 2.45) is 0 Å². The Balaban J connectivity index is 1.64. The average molecular weight is 343 g/mol. The first kappa shape index (κ1) is 13.9. The number of carbonyl (C=O) groups is 1. The van der Waals surface area contributed by atoms with Gasteiger partial charge in [-0.2, -0.15) is 0 Å². The van der Waals surface area contributed by atoms with Gasteiger partial charge in [-0.3, -0.25) is 4.79 Å². The Hall–Kier alpha value is -2.07. The number of nitrogens with one attached hydrogen (secondary N) is 2. The molecule has 0 saturated heterocycles. The lowest BCUT2D eigenvalue weighted by Gasteiger charge is -2.06. The van der Waals surface area contributed by atoms with Gasteiger partial charge in [0.05, 0.1) is 11.1 Å². The molecule has 0 fully saturated rings. The van der Waals surface area contributed by atoms with Crippen LogP contribution in [0.2, 0.25) is 0 Å². The van der Waals surface area contributed by atoms with Crippen LogP contribution in [0.5, 0.6) is 0 Å². The van der Waals surface area contributed by atoms with Crippen LogP contribution in [0.15, 0.2) is 59.2 Å². The molecule has 3 aromatic rings. The number of para-hydroxylation sites is 1. The lowest BCUT2D eigenvalue weighted by atomic mass is 10.1. The Morgan fingerprint density at radius 3 is 2.71 bits per heavy atom. The summed E-state index contributed by atoms with van der Waals surface area (Å²) in [6.07, 6.45) is 2.67. The van der Waals surface area contributed by atoms with Crippen LogP contribution in [0.1, 0.15) is 15.9 Å². The largest absolute Gasteiger partial charge is 0.361 e. The minimum absolute atomic E-state index is 0.0415. The van der Waals surface area contributed by atoms with Crippen molar-refractivity contribution < 1.29 is 4.79 Å². The molecule has 0 aliphatic heterocycles. The Labute approximate surface area is 131 Å². The van der Waals surface area contributed by atoms with Gasteiger partial charge in [-0.05, 0) is 36.2 Å². The van der Waals surface area contributed by atoms with E-state index in [0.29, 0.717) is 12.1 Å². The lowest BCUT2D eigenvalue weighted by molar-refractivity contribution is 0.0955. The zero-order valence-electron chi connectivity index (χ0n) is 11.4. The molecule has 0 aliphatic carbocycles. The summed E-state index contributed by atoms with van der Waals surface area (Å²) in [5.41, 5.74) is 2.78. The molecule has 1 aromatic heterocycles. The Kier molecular flexibility index (Phi) is 4.06. The van der Waals surface area contributed by atoms with Crippen LogP contribution >= 0.6 is 15.9 Å². The van der Waals surface area contributed by atoms with E-state index in [2.05, 4.69) is 38.4 Å². The maximum atomic E-state index is 12.3. The fraction of sp³-hybridized carbons (Fsp3) is 0.118. The molecule has 21 heavy (non-hydrogen) atoms. The van der Waals surface area contributed by atoms with Crippen LogP contribution in [0.4, 0.5) is 0 Å². The standard InChI is InChI=1S/C17H15BrN2O/c18-14-6-4-12(5-7-14)8-10-20-17(21)15-3-1-2-13-9-11-19-16(13)15/h1-7,9,11,19H,8,10H2,(H,20,21). The Morgan fingerprint density at radius 1 is 1.10 bits per heavy atom. The van der Waals surface area contributed by atoms with Crippen molar-refractivity contribution in [3.63, 3.8) is 0 Å². The highest BCUT2D eigenvalue weighted by Gasteiger charge is 2.09. The topological polar surface area (TPSA) is 44.9 Å². The highest BCUT2D eigenvalue weighted by Crippen LogP contribution is 2.16. The summed E-state index contributed by atoms with van der Waals surface area (Å²) in [7, 11) is 0. The number of halogens is 1. The lowest BCUT2D eigenvalue weighted by Crippen LogP contribution is -2.25. The van der Waals surface area contributed by atoms with Crippen LogP contribution in [0.3, 0.4) is 0 Å². The summed E-state index contributed by atoms with van der Waals surface area (Å²) >= 11 is 3.41. The number of aromatic nitrogens is 1. The third kappa shape index (κ3) is 3.16. The third-order valence-electron chi connectivity index (χ3n) is 3.44. The zero-order chi connectivity index (χ0) is 14.7. The van der Waals surface area contributed by atoms with Gasteiger partial charge in [0.25, 0.3) is 5.91 Å². The normalized spacial score (nSPS) is 10.7. The number of benzene rings is 2. The number of fused-ring (bicyclic) bond motifs is 1. The molecule has 2 aromatic carbocycles. The number of rotatable bonds is 4. The highest BCUT2D eigenvalue weighted by atomic mass is 79.9. The fourth-order valence-electron chi connectivity index (χ4n) is 2.34. The van der Waals surface area contributed by atoms with Crippen molar-refractivity contribution in [3.8, 4) is 0 Å². The minimum Gasteiger partial charge on any atom is -0.361 e. The molecule has 1 amide bonds. The van der Waals surface area contributed by atoms with E-state index in [1.807, 2.05) is 42.6 Å². The van der Waals surface area contributed by atoms with Crippen molar-refractivity contribution in [1.29, 1.82) is 0 Å². The van der Waals surface area contributed by atoms with Crippen molar-refractivity contribution in [3.05, 3.63) is 70.3 Å². The number of aromatic amines is 1. The molecule has 3 rings (SSSR count). The highest BCUT2D eigenvalue weighted by molar-refractivity contribution is 9.10. The third-order valence-corrected chi connectivity index (χ3v) is 3.97. The second-order valence-electron chi connectivity index (χ2n) is 4.88. The summed E-state index contributed by atoms with van der Waals surface area (Å²) in [5.74, 6) is -0.0415. The van der Waals surface area contributed by atoms with E-state index < -0.39 is 0 Å². The Morgan fingerprint density at radius 2 is 1.90 bits per heavy atom. The monoisotopic (exact) mass is 342 g/mol. The van der Waals surface area contributed by atoms with Gasteiger partial charge in [-0.1, -0.05) is 40.2 Å². The predicted octanol–water partition coefficient (Wildman–Crippen LogP) is 3.90. The molecule has 3 nitrogen and oxygen atoms in total. The molecular weight excluding hydrogens is 328 g/mol. The second kappa shape index (κ2) is 6.14. The van der Waals surface area contributed by atoms with Crippen LogP contribution in [0, 0.1) is 0 Å². The van der Waals surface area contributed by atoms with Gasteiger partial charge >= 0.3 is 0 Å². The van der Waals surface area contributed by atoms with Gasteiger partial charge in [0.15, 0.2) is 0 Å². The van der Waals surface area contributed by atoms with Gasteiger partial charge in [-0.15, -0.1) is 0 Å². The Bertz CT molecular complexity index is 762. The van der Waals surface area contributed by atoms with E-state index >= 15 is 0 Å². The molecule has 2 N–H and O–H groups in total. The van der Waals surface area contributed by atoms with Gasteiger partial charge < -0.3 is 10.3 Å². The van der Waals surface area contributed by atoms with Crippen molar-refractivity contribution in [2.45, 2.75) is 6.42 Å². The minimum atomic E-state index is -0.0415. The molecular formula is C17H15BrN2O. The van der Waals surface area contributed by atoms with E-state index in [4.69, 9.17) is 0 Å². The smallest absolute Gasteiger partial charge is 0.253 e. The van der Waals surface area contributed by atoms with Crippen LogP contribution in [-0.2, 0) is 6.42 Å². The van der Waals surface area contributed by atoms with E-state index in [1.165, 1.54) is 5.56 Å². The van der Waals surface area contributed by atoms with Crippen molar-refractivity contribution in [2.75, 3.05) is 6.54 Å². The second-order valence-corrected chi connectivity index (χ2v) is 5.80. The first-order chi connectivity index (χ1) is 10.2. The molecule has 0 bridgehead atoms. The van der Waals surface area contributed by atoms with Gasteiger partial charge in [0, 0.05) is 22.6 Å². The summed E-state index contributed by atoms with van der Waals surface area (Å²) in [6, 6.07) is 15.8. The molecule has 0 saturated carbocycles.